The fraction of sp³-hybridized carbons (Fsp3) is 0.267. The molecule has 3 rings (SSSR count). The molecule has 1 aromatic heterocycles. The largest absolute Gasteiger partial charge is 0.454 e. The van der Waals surface area contributed by atoms with Crippen LogP contribution < -0.4 is 9.47 Å². The molecule has 24 heavy (non-hydrogen) atoms. The van der Waals surface area contributed by atoms with Crippen molar-refractivity contribution >= 4 is 23.3 Å². The van der Waals surface area contributed by atoms with Crippen molar-refractivity contribution < 1.29 is 18.7 Å². The predicted molar refractivity (Wildman–Crippen MR) is 84.1 cm³/mol. The Morgan fingerprint density at radius 1 is 1.42 bits per heavy atom. The quantitative estimate of drug-likeness (QED) is 0.625. The molecule has 1 unspecified atom stereocenters. The van der Waals surface area contributed by atoms with E-state index in [4.69, 9.17) is 24.6 Å². The molecular formula is C15H12N4O4S. The number of nitriles is 1. The van der Waals surface area contributed by atoms with E-state index in [9.17, 15) is 4.79 Å². The van der Waals surface area contributed by atoms with Gasteiger partial charge in [-0.15, -0.1) is 10.2 Å². The zero-order valence-electron chi connectivity index (χ0n) is 12.6. The highest BCUT2D eigenvalue weighted by Gasteiger charge is 2.21. The number of nitrogens with zero attached hydrogens (tertiary/aromatic N) is 3. The minimum absolute atomic E-state index is 0.0166. The highest BCUT2D eigenvalue weighted by atomic mass is 32.2. The molecule has 1 N–H and O–H groups in total. The van der Waals surface area contributed by atoms with E-state index in [2.05, 4.69) is 10.2 Å². The lowest BCUT2D eigenvalue weighted by Gasteiger charge is -2.03. The molecule has 2 aromatic rings. The molecule has 0 saturated heterocycles. The minimum Gasteiger partial charge on any atom is -0.454 e. The van der Waals surface area contributed by atoms with E-state index in [-0.39, 0.29) is 29.3 Å². The Bertz CT molecular complexity index is 842. The molecule has 0 saturated carbocycles. The summed E-state index contributed by atoms with van der Waals surface area (Å²) in [6.45, 7) is 1.61. The van der Waals surface area contributed by atoms with Crippen molar-refractivity contribution in [1.29, 1.82) is 10.7 Å². The lowest BCUT2D eigenvalue weighted by atomic mass is 10.0. The summed E-state index contributed by atoms with van der Waals surface area (Å²) in [4.78, 5) is 11.9. The van der Waals surface area contributed by atoms with Crippen LogP contribution in [0.5, 0.6) is 11.5 Å². The summed E-state index contributed by atoms with van der Waals surface area (Å²) in [6.07, 6.45) is 0. The lowest BCUT2D eigenvalue weighted by Crippen LogP contribution is -2.21. The smallest absolute Gasteiger partial charge is 0.277 e. The maximum absolute atomic E-state index is 11.9. The topological polar surface area (TPSA) is 122 Å². The predicted octanol–water partition coefficient (Wildman–Crippen LogP) is 2.31. The molecule has 0 aliphatic carbocycles. The van der Waals surface area contributed by atoms with Gasteiger partial charge in [-0.1, -0.05) is 11.8 Å². The number of benzene rings is 1. The fourth-order valence-corrected chi connectivity index (χ4v) is 2.71. The Balaban J connectivity index is 1.67. The Labute approximate surface area is 141 Å². The number of ketones is 1. The summed E-state index contributed by atoms with van der Waals surface area (Å²) in [7, 11) is 0. The Morgan fingerprint density at radius 3 is 2.96 bits per heavy atom. The molecule has 0 amide bonds. The Morgan fingerprint density at radius 2 is 2.21 bits per heavy atom. The molecule has 2 heterocycles. The summed E-state index contributed by atoms with van der Waals surface area (Å²) >= 11 is 1.04. The SMILES string of the molecule is CC(=N)C(C#N)C(=O)CSc1nnc(-c2ccc3c(c2)OCO3)o1. The molecule has 1 atom stereocenters. The molecule has 0 radical (unpaired) electrons. The van der Waals surface area contributed by atoms with Crippen molar-refractivity contribution in [3.05, 3.63) is 18.2 Å². The van der Waals surface area contributed by atoms with Crippen LogP contribution in [0.4, 0.5) is 0 Å². The Hall–Kier alpha value is -2.86. The average Bonchev–Trinajstić information content (AvgIpc) is 3.21. The van der Waals surface area contributed by atoms with E-state index in [1.165, 1.54) is 6.92 Å². The van der Waals surface area contributed by atoms with Gasteiger partial charge in [0.1, 0.15) is 5.92 Å². The monoisotopic (exact) mass is 344 g/mol. The van der Waals surface area contributed by atoms with Crippen molar-refractivity contribution in [2.75, 3.05) is 12.5 Å². The van der Waals surface area contributed by atoms with Gasteiger partial charge < -0.3 is 19.3 Å². The number of thioether (sulfide) groups is 1. The number of aromatic nitrogens is 2. The normalized spacial score (nSPS) is 13.3. The first-order chi connectivity index (χ1) is 11.6. The second-order valence-electron chi connectivity index (χ2n) is 4.94. The first-order valence-electron chi connectivity index (χ1n) is 6.92. The van der Waals surface area contributed by atoms with Gasteiger partial charge in [-0.3, -0.25) is 4.79 Å². The number of hydrogen-bond acceptors (Lipinski definition) is 9. The molecule has 1 aliphatic rings. The number of Topliss-reactive ketones (excluding diaryl/α,β-unsaturated/α-hetero) is 1. The van der Waals surface area contributed by atoms with Gasteiger partial charge in [0.15, 0.2) is 17.3 Å². The maximum Gasteiger partial charge on any atom is 0.277 e. The molecule has 0 spiro atoms. The lowest BCUT2D eigenvalue weighted by molar-refractivity contribution is -0.117. The maximum atomic E-state index is 11.9. The number of nitrogens with one attached hydrogen (secondary N) is 1. The zero-order chi connectivity index (χ0) is 17.1. The van der Waals surface area contributed by atoms with Crippen molar-refractivity contribution in [1.82, 2.24) is 10.2 Å². The van der Waals surface area contributed by atoms with Crippen LogP contribution >= 0.6 is 11.8 Å². The molecule has 1 aromatic carbocycles. The van der Waals surface area contributed by atoms with Gasteiger partial charge in [-0.05, 0) is 25.1 Å². The van der Waals surface area contributed by atoms with Gasteiger partial charge in [0.25, 0.3) is 5.22 Å². The van der Waals surface area contributed by atoms with E-state index < -0.39 is 5.92 Å². The van der Waals surface area contributed by atoms with Crippen LogP contribution in [0.1, 0.15) is 6.92 Å². The molecular weight excluding hydrogens is 332 g/mol. The second-order valence-corrected chi connectivity index (χ2v) is 5.87. The number of fused-ring (bicyclic) bond motifs is 1. The number of hydrogen-bond donors (Lipinski definition) is 1. The van der Waals surface area contributed by atoms with Crippen molar-refractivity contribution in [2.24, 2.45) is 5.92 Å². The third-order valence-electron chi connectivity index (χ3n) is 3.25. The molecule has 0 fully saturated rings. The third-order valence-corrected chi connectivity index (χ3v) is 4.09. The van der Waals surface area contributed by atoms with Gasteiger partial charge in [0.05, 0.1) is 11.8 Å². The number of carbonyl (C=O) groups is 1. The van der Waals surface area contributed by atoms with Gasteiger partial charge in [0.2, 0.25) is 12.7 Å². The number of carbonyl (C=O) groups excluding carboxylic acids is 1. The van der Waals surface area contributed by atoms with Crippen LogP contribution in [0.25, 0.3) is 11.5 Å². The van der Waals surface area contributed by atoms with Crippen LogP contribution in [0.15, 0.2) is 27.8 Å². The molecule has 9 heteroatoms. The van der Waals surface area contributed by atoms with Gasteiger partial charge in [0, 0.05) is 11.3 Å². The highest BCUT2D eigenvalue weighted by molar-refractivity contribution is 7.99. The third kappa shape index (κ3) is 3.23. The van der Waals surface area contributed by atoms with Gasteiger partial charge in [-0.25, -0.2) is 0 Å². The van der Waals surface area contributed by atoms with E-state index in [0.29, 0.717) is 23.0 Å². The van der Waals surface area contributed by atoms with Crippen molar-refractivity contribution in [3.63, 3.8) is 0 Å². The van der Waals surface area contributed by atoms with Gasteiger partial charge in [-0.2, -0.15) is 5.26 Å². The standard InChI is InChI=1S/C15H12N4O4S/c1-8(17)10(5-16)11(20)6-24-15-19-18-14(23-15)9-2-3-12-13(4-9)22-7-21-12/h2-4,10,17H,6-7H2,1H3. The van der Waals surface area contributed by atoms with Gasteiger partial charge >= 0.3 is 0 Å². The summed E-state index contributed by atoms with van der Waals surface area (Å²) in [5.41, 5.74) is 0.699. The second kappa shape index (κ2) is 6.72. The summed E-state index contributed by atoms with van der Waals surface area (Å²) in [5.74, 6) is 0.142. The number of ether oxygens (including phenoxy) is 2. The first kappa shape index (κ1) is 16.0. The van der Waals surface area contributed by atoms with Crippen LogP contribution in [-0.4, -0.2) is 34.2 Å². The average molecular weight is 344 g/mol. The fourth-order valence-electron chi connectivity index (χ4n) is 2.04. The van der Waals surface area contributed by atoms with E-state index in [1.54, 1.807) is 18.2 Å². The Kier molecular flexibility index (Phi) is 4.48. The van der Waals surface area contributed by atoms with Crippen LogP contribution in [0.2, 0.25) is 0 Å². The molecule has 122 valence electrons. The molecule has 8 nitrogen and oxygen atoms in total. The summed E-state index contributed by atoms with van der Waals surface area (Å²) < 4.78 is 16.0. The summed E-state index contributed by atoms with van der Waals surface area (Å²) in [5, 5.41) is 24.3. The first-order valence-corrected chi connectivity index (χ1v) is 7.90. The summed E-state index contributed by atoms with van der Waals surface area (Å²) in [6, 6.07) is 7.07. The molecule has 0 bridgehead atoms. The van der Waals surface area contributed by atoms with E-state index in [0.717, 1.165) is 11.8 Å². The van der Waals surface area contributed by atoms with Crippen LogP contribution in [0, 0.1) is 22.7 Å². The van der Waals surface area contributed by atoms with Crippen LogP contribution in [0.3, 0.4) is 0 Å². The van der Waals surface area contributed by atoms with E-state index >= 15 is 0 Å². The zero-order valence-corrected chi connectivity index (χ0v) is 13.4. The molecule has 1 aliphatic heterocycles. The van der Waals surface area contributed by atoms with E-state index in [1.807, 2.05) is 6.07 Å². The van der Waals surface area contributed by atoms with Crippen molar-refractivity contribution in [3.8, 4) is 29.0 Å². The highest BCUT2D eigenvalue weighted by Crippen LogP contribution is 2.36. The van der Waals surface area contributed by atoms with Crippen LogP contribution in [-0.2, 0) is 4.79 Å². The number of rotatable bonds is 6. The minimum atomic E-state index is -1.03. The van der Waals surface area contributed by atoms with Crippen molar-refractivity contribution in [2.45, 2.75) is 12.1 Å².